The van der Waals surface area contributed by atoms with E-state index >= 15 is 0 Å². The number of hydrogen-bond donors (Lipinski definition) is 1. The van der Waals surface area contributed by atoms with Gasteiger partial charge in [0.25, 0.3) is 0 Å². The SMILES string of the molecule is CCNC(c1ncccn1)c1cccc(Cl)c1Cl. The Hall–Kier alpha value is -1.16. The van der Waals surface area contributed by atoms with Crippen molar-refractivity contribution >= 4 is 23.2 Å². The van der Waals surface area contributed by atoms with E-state index in [4.69, 9.17) is 23.2 Å². The van der Waals surface area contributed by atoms with Crippen LogP contribution in [0.2, 0.25) is 10.0 Å². The van der Waals surface area contributed by atoms with Gasteiger partial charge in [-0.25, -0.2) is 9.97 Å². The zero-order valence-electron chi connectivity index (χ0n) is 9.90. The topological polar surface area (TPSA) is 37.8 Å². The molecule has 0 spiro atoms. The maximum absolute atomic E-state index is 6.25. The summed E-state index contributed by atoms with van der Waals surface area (Å²) >= 11 is 12.3. The summed E-state index contributed by atoms with van der Waals surface area (Å²) in [4.78, 5) is 8.54. The second kappa shape index (κ2) is 6.14. The number of hydrogen-bond acceptors (Lipinski definition) is 3. The lowest BCUT2D eigenvalue weighted by Crippen LogP contribution is -2.24. The summed E-state index contributed by atoms with van der Waals surface area (Å²) in [5, 5.41) is 4.39. The van der Waals surface area contributed by atoms with Crippen LogP contribution in [-0.4, -0.2) is 16.5 Å². The summed E-state index contributed by atoms with van der Waals surface area (Å²) in [6.45, 7) is 2.81. The molecule has 94 valence electrons. The van der Waals surface area contributed by atoms with Crippen LogP contribution < -0.4 is 5.32 Å². The first-order chi connectivity index (χ1) is 8.74. The van der Waals surface area contributed by atoms with Gasteiger partial charge in [0.1, 0.15) is 5.82 Å². The molecule has 0 radical (unpaired) electrons. The van der Waals surface area contributed by atoms with Crippen LogP contribution >= 0.6 is 23.2 Å². The Balaban J connectivity index is 2.45. The van der Waals surface area contributed by atoms with Crippen LogP contribution in [0, 0.1) is 0 Å². The molecule has 0 aliphatic heterocycles. The van der Waals surface area contributed by atoms with E-state index in [0.717, 1.165) is 12.1 Å². The Morgan fingerprint density at radius 2 is 1.89 bits per heavy atom. The standard InChI is InChI=1S/C13H13Cl2N3/c1-2-16-12(13-17-7-4-8-18-13)9-5-3-6-10(14)11(9)15/h3-8,12,16H,2H2,1H3. The summed E-state index contributed by atoms with van der Waals surface area (Å²) in [5.74, 6) is 0.684. The smallest absolute Gasteiger partial charge is 0.149 e. The monoisotopic (exact) mass is 281 g/mol. The van der Waals surface area contributed by atoms with Crippen molar-refractivity contribution in [2.45, 2.75) is 13.0 Å². The molecular formula is C13H13Cl2N3. The van der Waals surface area contributed by atoms with Gasteiger partial charge >= 0.3 is 0 Å². The Bertz CT molecular complexity index is 517. The van der Waals surface area contributed by atoms with Crippen molar-refractivity contribution < 1.29 is 0 Å². The quantitative estimate of drug-likeness (QED) is 0.932. The van der Waals surface area contributed by atoms with Crippen molar-refractivity contribution in [1.82, 2.24) is 15.3 Å². The first kappa shape index (κ1) is 13.3. The summed E-state index contributed by atoms with van der Waals surface area (Å²) in [7, 11) is 0. The molecule has 1 N–H and O–H groups in total. The van der Waals surface area contributed by atoms with Crippen LogP contribution in [0.3, 0.4) is 0 Å². The highest BCUT2D eigenvalue weighted by Gasteiger charge is 2.19. The lowest BCUT2D eigenvalue weighted by atomic mass is 10.1. The van der Waals surface area contributed by atoms with Crippen molar-refractivity contribution in [3.8, 4) is 0 Å². The Morgan fingerprint density at radius 1 is 1.17 bits per heavy atom. The molecule has 1 heterocycles. The summed E-state index contributed by atoms with van der Waals surface area (Å²) in [5.41, 5.74) is 0.886. The molecule has 2 rings (SSSR count). The molecule has 1 unspecified atom stereocenters. The molecule has 0 fully saturated rings. The van der Waals surface area contributed by atoms with Crippen molar-refractivity contribution in [3.05, 3.63) is 58.1 Å². The summed E-state index contributed by atoms with van der Waals surface area (Å²) in [6.07, 6.45) is 3.43. The number of rotatable bonds is 4. The Morgan fingerprint density at radius 3 is 2.56 bits per heavy atom. The van der Waals surface area contributed by atoms with E-state index in [1.165, 1.54) is 0 Å². The molecule has 1 atom stereocenters. The average Bonchev–Trinajstić information content (AvgIpc) is 2.41. The Kier molecular flexibility index (Phi) is 4.53. The van der Waals surface area contributed by atoms with Gasteiger partial charge in [0.15, 0.2) is 0 Å². The molecule has 1 aromatic heterocycles. The van der Waals surface area contributed by atoms with E-state index in [9.17, 15) is 0 Å². The second-order valence-corrected chi connectivity index (χ2v) is 4.53. The van der Waals surface area contributed by atoms with Crippen molar-refractivity contribution in [2.75, 3.05) is 6.54 Å². The van der Waals surface area contributed by atoms with Gasteiger partial charge < -0.3 is 5.32 Å². The predicted molar refractivity (Wildman–Crippen MR) is 74.0 cm³/mol. The van der Waals surface area contributed by atoms with Crippen LogP contribution in [0.1, 0.15) is 24.4 Å². The van der Waals surface area contributed by atoms with Crippen LogP contribution in [0.5, 0.6) is 0 Å². The third-order valence-electron chi connectivity index (χ3n) is 2.54. The van der Waals surface area contributed by atoms with Gasteiger partial charge in [0, 0.05) is 12.4 Å². The average molecular weight is 282 g/mol. The minimum absolute atomic E-state index is 0.151. The van der Waals surface area contributed by atoms with Gasteiger partial charge in [-0.1, -0.05) is 42.3 Å². The van der Waals surface area contributed by atoms with Crippen LogP contribution in [0.4, 0.5) is 0 Å². The van der Waals surface area contributed by atoms with Crippen LogP contribution in [-0.2, 0) is 0 Å². The zero-order chi connectivity index (χ0) is 13.0. The molecule has 18 heavy (non-hydrogen) atoms. The molecule has 0 bridgehead atoms. The number of aromatic nitrogens is 2. The highest BCUT2D eigenvalue weighted by molar-refractivity contribution is 6.42. The van der Waals surface area contributed by atoms with Gasteiger partial charge in [-0.05, 0) is 24.2 Å². The molecule has 0 amide bonds. The maximum Gasteiger partial charge on any atom is 0.149 e. The second-order valence-electron chi connectivity index (χ2n) is 3.74. The van der Waals surface area contributed by atoms with Gasteiger partial charge in [0.05, 0.1) is 16.1 Å². The van der Waals surface area contributed by atoms with Gasteiger partial charge in [-0.3, -0.25) is 0 Å². The molecular weight excluding hydrogens is 269 g/mol. The van der Waals surface area contributed by atoms with E-state index in [1.807, 2.05) is 19.1 Å². The van der Waals surface area contributed by atoms with Crippen molar-refractivity contribution in [1.29, 1.82) is 0 Å². The van der Waals surface area contributed by atoms with E-state index in [2.05, 4.69) is 15.3 Å². The fourth-order valence-corrected chi connectivity index (χ4v) is 2.16. The lowest BCUT2D eigenvalue weighted by Gasteiger charge is -2.18. The number of halogens is 2. The summed E-state index contributed by atoms with van der Waals surface area (Å²) < 4.78 is 0. The lowest BCUT2D eigenvalue weighted by molar-refractivity contribution is 0.597. The zero-order valence-corrected chi connectivity index (χ0v) is 11.4. The number of nitrogens with one attached hydrogen (secondary N) is 1. The molecule has 0 saturated heterocycles. The molecule has 0 aliphatic rings. The highest BCUT2D eigenvalue weighted by atomic mass is 35.5. The molecule has 0 saturated carbocycles. The third kappa shape index (κ3) is 2.80. The van der Waals surface area contributed by atoms with E-state index in [-0.39, 0.29) is 6.04 Å². The Labute approximate surface area is 116 Å². The fourth-order valence-electron chi connectivity index (χ4n) is 1.75. The molecule has 3 nitrogen and oxygen atoms in total. The minimum atomic E-state index is -0.151. The first-order valence-electron chi connectivity index (χ1n) is 5.68. The van der Waals surface area contributed by atoms with Crippen molar-refractivity contribution in [3.63, 3.8) is 0 Å². The van der Waals surface area contributed by atoms with E-state index < -0.39 is 0 Å². The number of nitrogens with zero attached hydrogens (tertiary/aromatic N) is 2. The van der Waals surface area contributed by atoms with E-state index in [1.54, 1.807) is 24.5 Å². The number of benzene rings is 1. The van der Waals surface area contributed by atoms with Gasteiger partial charge in [0.2, 0.25) is 0 Å². The van der Waals surface area contributed by atoms with Crippen molar-refractivity contribution in [2.24, 2.45) is 0 Å². The third-order valence-corrected chi connectivity index (χ3v) is 3.38. The molecule has 2 aromatic rings. The molecule has 0 aliphatic carbocycles. The fraction of sp³-hybridized carbons (Fsp3) is 0.231. The minimum Gasteiger partial charge on any atom is -0.304 e. The van der Waals surface area contributed by atoms with Crippen LogP contribution in [0.25, 0.3) is 0 Å². The summed E-state index contributed by atoms with van der Waals surface area (Å²) in [6, 6.07) is 7.20. The highest BCUT2D eigenvalue weighted by Crippen LogP contribution is 2.31. The van der Waals surface area contributed by atoms with Gasteiger partial charge in [-0.2, -0.15) is 0 Å². The molecule has 5 heteroatoms. The molecule has 1 aromatic carbocycles. The van der Waals surface area contributed by atoms with Gasteiger partial charge in [-0.15, -0.1) is 0 Å². The maximum atomic E-state index is 6.25. The van der Waals surface area contributed by atoms with E-state index in [0.29, 0.717) is 15.9 Å². The first-order valence-corrected chi connectivity index (χ1v) is 6.43. The predicted octanol–water partition coefficient (Wildman–Crippen LogP) is 3.48. The largest absolute Gasteiger partial charge is 0.304 e. The normalized spacial score (nSPS) is 12.4. The van der Waals surface area contributed by atoms with Crippen LogP contribution in [0.15, 0.2) is 36.7 Å².